The third-order valence-electron chi connectivity index (χ3n) is 3.35. The molecule has 0 amide bonds. The van der Waals surface area contributed by atoms with E-state index >= 15 is 0 Å². The number of aryl methyl sites for hydroxylation is 1. The molecule has 3 atom stereocenters. The lowest BCUT2D eigenvalue weighted by atomic mass is 9.96. The molecular formula is C11H17N3OS. The molecule has 88 valence electrons. The average molecular weight is 239 g/mol. The Morgan fingerprint density at radius 2 is 2.38 bits per heavy atom. The average Bonchev–Trinajstić information content (AvgIpc) is 2.95. The first-order chi connectivity index (χ1) is 7.85. The van der Waals surface area contributed by atoms with Gasteiger partial charge in [-0.25, -0.2) is 0 Å². The van der Waals surface area contributed by atoms with Crippen LogP contribution in [0, 0.1) is 0 Å². The van der Waals surface area contributed by atoms with E-state index in [0.717, 1.165) is 29.4 Å². The van der Waals surface area contributed by atoms with Gasteiger partial charge in [-0.15, -0.1) is 10.2 Å². The van der Waals surface area contributed by atoms with Gasteiger partial charge in [0.2, 0.25) is 5.13 Å². The highest BCUT2D eigenvalue weighted by molar-refractivity contribution is 7.15. The predicted molar refractivity (Wildman–Crippen MR) is 63.8 cm³/mol. The summed E-state index contributed by atoms with van der Waals surface area (Å²) in [4.78, 5) is 0. The SMILES string of the molecule is CCCc1nnc(N[C@H]2C[C@H]3CC[C@@H]2O3)s1. The molecule has 1 aromatic heterocycles. The molecular weight excluding hydrogens is 222 g/mol. The maximum absolute atomic E-state index is 5.81. The maximum atomic E-state index is 5.81. The molecule has 0 radical (unpaired) electrons. The first-order valence-electron chi connectivity index (χ1n) is 6.09. The van der Waals surface area contributed by atoms with Gasteiger partial charge >= 0.3 is 0 Å². The van der Waals surface area contributed by atoms with Crippen molar-refractivity contribution in [3.8, 4) is 0 Å². The van der Waals surface area contributed by atoms with Crippen molar-refractivity contribution in [1.29, 1.82) is 0 Å². The number of anilines is 1. The lowest BCUT2D eigenvalue weighted by Gasteiger charge is -2.18. The summed E-state index contributed by atoms with van der Waals surface area (Å²) in [5.41, 5.74) is 0. The maximum Gasteiger partial charge on any atom is 0.205 e. The highest BCUT2D eigenvalue weighted by Gasteiger charge is 2.41. The zero-order valence-electron chi connectivity index (χ0n) is 9.48. The summed E-state index contributed by atoms with van der Waals surface area (Å²) >= 11 is 1.68. The van der Waals surface area contributed by atoms with E-state index in [2.05, 4.69) is 22.4 Å². The van der Waals surface area contributed by atoms with Gasteiger partial charge in [-0.2, -0.15) is 0 Å². The van der Waals surface area contributed by atoms with Crippen molar-refractivity contribution in [3.05, 3.63) is 5.01 Å². The van der Waals surface area contributed by atoms with E-state index in [1.165, 1.54) is 12.8 Å². The van der Waals surface area contributed by atoms with E-state index in [-0.39, 0.29) is 0 Å². The van der Waals surface area contributed by atoms with Gasteiger partial charge in [0.15, 0.2) is 0 Å². The van der Waals surface area contributed by atoms with Crippen LogP contribution in [0.15, 0.2) is 0 Å². The fourth-order valence-corrected chi connectivity index (χ4v) is 3.48. The Kier molecular flexibility index (Phi) is 2.81. The molecule has 3 rings (SSSR count). The smallest absolute Gasteiger partial charge is 0.205 e. The summed E-state index contributed by atoms with van der Waals surface area (Å²) < 4.78 is 5.81. The third-order valence-corrected chi connectivity index (χ3v) is 4.26. The fourth-order valence-electron chi connectivity index (χ4n) is 2.58. The van der Waals surface area contributed by atoms with E-state index in [1.807, 2.05) is 0 Å². The Balaban J connectivity index is 1.61. The summed E-state index contributed by atoms with van der Waals surface area (Å²) in [6.07, 6.45) is 6.63. The molecule has 2 fully saturated rings. The van der Waals surface area contributed by atoms with Crippen molar-refractivity contribution in [2.75, 3.05) is 5.32 Å². The Labute approximate surface area is 99.4 Å². The molecule has 3 heterocycles. The monoisotopic (exact) mass is 239 g/mol. The van der Waals surface area contributed by atoms with E-state index in [0.29, 0.717) is 18.2 Å². The summed E-state index contributed by atoms with van der Waals surface area (Å²) in [5.74, 6) is 0. The Morgan fingerprint density at radius 3 is 3.06 bits per heavy atom. The first kappa shape index (κ1) is 10.5. The first-order valence-corrected chi connectivity index (χ1v) is 6.91. The van der Waals surface area contributed by atoms with E-state index < -0.39 is 0 Å². The fraction of sp³-hybridized carbons (Fsp3) is 0.818. The highest BCUT2D eigenvalue weighted by Crippen LogP contribution is 2.36. The van der Waals surface area contributed by atoms with E-state index in [4.69, 9.17) is 4.74 Å². The van der Waals surface area contributed by atoms with Crippen LogP contribution in [0.3, 0.4) is 0 Å². The highest BCUT2D eigenvalue weighted by atomic mass is 32.1. The quantitative estimate of drug-likeness (QED) is 0.875. The van der Waals surface area contributed by atoms with Crippen LogP contribution in [-0.4, -0.2) is 28.4 Å². The molecule has 0 aromatic carbocycles. The second-order valence-corrected chi connectivity index (χ2v) is 5.67. The minimum atomic E-state index is 0.406. The number of fused-ring (bicyclic) bond motifs is 2. The van der Waals surface area contributed by atoms with Gasteiger partial charge in [-0.1, -0.05) is 18.3 Å². The molecule has 0 unspecified atom stereocenters. The predicted octanol–water partition coefficient (Wildman–Crippen LogP) is 2.22. The number of ether oxygens (including phenoxy) is 1. The van der Waals surface area contributed by atoms with Gasteiger partial charge in [0.1, 0.15) is 5.01 Å². The number of hydrogen-bond acceptors (Lipinski definition) is 5. The molecule has 0 saturated carbocycles. The van der Waals surface area contributed by atoms with Crippen LogP contribution >= 0.6 is 11.3 Å². The van der Waals surface area contributed by atoms with Crippen molar-refractivity contribution < 1.29 is 4.74 Å². The van der Waals surface area contributed by atoms with Crippen LogP contribution in [-0.2, 0) is 11.2 Å². The van der Waals surface area contributed by atoms with Crippen LogP contribution in [0.5, 0.6) is 0 Å². The lowest BCUT2D eigenvalue weighted by molar-refractivity contribution is 0.102. The Morgan fingerprint density at radius 1 is 1.44 bits per heavy atom. The summed E-state index contributed by atoms with van der Waals surface area (Å²) in [6.45, 7) is 2.16. The van der Waals surface area contributed by atoms with Gasteiger partial charge in [0.05, 0.1) is 18.2 Å². The van der Waals surface area contributed by atoms with E-state index in [1.54, 1.807) is 11.3 Å². The van der Waals surface area contributed by atoms with Crippen LogP contribution < -0.4 is 5.32 Å². The Bertz CT molecular complexity index is 368. The van der Waals surface area contributed by atoms with Crippen molar-refractivity contribution in [1.82, 2.24) is 10.2 Å². The summed E-state index contributed by atoms with van der Waals surface area (Å²) in [6, 6.07) is 0.459. The van der Waals surface area contributed by atoms with Crippen molar-refractivity contribution >= 4 is 16.5 Å². The molecule has 2 aliphatic rings. The normalized spacial score (nSPS) is 32.2. The zero-order chi connectivity index (χ0) is 11.0. The molecule has 0 spiro atoms. The van der Waals surface area contributed by atoms with Crippen molar-refractivity contribution in [2.45, 2.75) is 57.3 Å². The second-order valence-electron chi connectivity index (χ2n) is 4.61. The zero-order valence-corrected chi connectivity index (χ0v) is 10.3. The molecule has 5 heteroatoms. The lowest BCUT2D eigenvalue weighted by Crippen LogP contribution is -2.30. The van der Waals surface area contributed by atoms with Gasteiger partial charge in [-0.3, -0.25) is 0 Å². The van der Waals surface area contributed by atoms with Crippen LogP contribution in [0.25, 0.3) is 0 Å². The van der Waals surface area contributed by atoms with Gasteiger partial charge < -0.3 is 10.1 Å². The Hall–Kier alpha value is -0.680. The number of aromatic nitrogens is 2. The van der Waals surface area contributed by atoms with Gasteiger partial charge in [-0.05, 0) is 25.7 Å². The largest absolute Gasteiger partial charge is 0.373 e. The summed E-state index contributed by atoms with van der Waals surface area (Å²) in [5, 5.41) is 13.9. The van der Waals surface area contributed by atoms with E-state index in [9.17, 15) is 0 Å². The minimum absolute atomic E-state index is 0.406. The third kappa shape index (κ3) is 1.94. The summed E-state index contributed by atoms with van der Waals surface area (Å²) in [7, 11) is 0. The molecule has 0 aliphatic carbocycles. The molecule has 1 aromatic rings. The molecule has 4 nitrogen and oxygen atoms in total. The van der Waals surface area contributed by atoms with Crippen LogP contribution in [0.2, 0.25) is 0 Å². The molecule has 2 saturated heterocycles. The van der Waals surface area contributed by atoms with Gasteiger partial charge in [0, 0.05) is 6.42 Å². The minimum Gasteiger partial charge on any atom is -0.373 e. The topological polar surface area (TPSA) is 47.0 Å². The van der Waals surface area contributed by atoms with Crippen molar-refractivity contribution in [3.63, 3.8) is 0 Å². The number of hydrogen-bond donors (Lipinski definition) is 1. The molecule has 16 heavy (non-hydrogen) atoms. The number of nitrogens with one attached hydrogen (secondary N) is 1. The second kappa shape index (κ2) is 4.30. The molecule has 2 aliphatic heterocycles. The van der Waals surface area contributed by atoms with Crippen LogP contribution in [0.1, 0.15) is 37.6 Å². The standard InChI is InChI=1S/C11H17N3OS/c1-2-3-10-13-14-11(16-10)12-8-6-7-4-5-9(8)15-7/h7-9H,2-6H2,1H3,(H,12,14)/t7-,8+,9+/m1/s1. The van der Waals surface area contributed by atoms with Crippen LogP contribution in [0.4, 0.5) is 5.13 Å². The number of rotatable bonds is 4. The van der Waals surface area contributed by atoms with Gasteiger partial charge in [0.25, 0.3) is 0 Å². The van der Waals surface area contributed by atoms with Crippen molar-refractivity contribution in [2.24, 2.45) is 0 Å². The molecule has 2 bridgehead atoms. The molecule has 1 N–H and O–H groups in total. The number of nitrogens with zero attached hydrogens (tertiary/aromatic N) is 2.